The Morgan fingerprint density at radius 1 is 1.44 bits per heavy atom. The van der Waals surface area contributed by atoms with Gasteiger partial charge in [-0.15, -0.1) is 0 Å². The summed E-state index contributed by atoms with van der Waals surface area (Å²) in [4.78, 5) is 26.5. The van der Waals surface area contributed by atoms with E-state index in [1.165, 1.54) is 18.3 Å². The largest absolute Gasteiger partial charge is 0.545 e. The van der Waals surface area contributed by atoms with E-state index in [9.17, 15) is 14.7 Å². The van der Waals surface area contributed by atoms with Crippen LogP contribution in [-0.2, 0) is 4.79 Å². The summed E-state index contributed by atoms with van der Waals surface area (Å²) >= 11 is 0. The molecule has 84 valence electrons. The molecular weight excluding hydrogens is 206 g/mol. The predicted molar refractivity (Wildman–Crippen MR) is 54.8 cm³/mol. The van der Waals surface area contributed by atoms with Crippen LogP contribution in [0.5, 0.6) is 0 Å². The first kappa shape index (κ1) is 10.8. The number of pyridine rings is 1. The van der Waals surface area contributed by atoms with Crippen molar-refractivity contribution in [3.8, 4) is 0 Å². The first-order chi connectivity index (χ1) is 7.68. The van der Waals surface area contributed by atoms with Gasteiger partial charge in [0.25, 0.3) is 0 Å². The fraction of sp³-hybridized carbons (Fsp3) is 0.417. The molecule has 4 nitrogen and oxygen atoms in total. The fourth-order valence-electron chi connectivity index (χ4n) is 2.06. The van der Waals surface area contributed by atoms with E-state index in [4.69, 9.17) is 0 Å². The summed E-state index contributed by atoms with van der Waals surface area (Å²) in [5.41, 5.74) is 0.648. The molecule has 1 aliphatic carbocycles. The Kier molecular flexibility index (Phi) is 2.99. The van der Waals surface area contributed by atoms with Crippen molar-refractivity contribution in [2.45, 2.75) is 31.6 Å². The molecule has 1 heterocycles. The Bertz CT molecular complexity index is 428. The van der Waals surface area contributed by atoms with Crippen molar-refractivity contribution in [3.05, 3.63) is 29.6 Å². The summed E-state index contributed by atoms with van der Waals surface area (Å²) in [6, 6.07) is 2.83. The Labute approximate surface area is 93.3 Å². The number of hydrogen-bond acceptors (Lipinski definition) is 4. The number of carboxylic acids is 1. The second-order valence-corrected chi connectivity index (χ2v) is 4.02. The summed E-state index contributed by atoms with van der Waals surface area (Å²) < 4.78 is 0. The van der Waals surface area contributed by atoms with Crippen LogP contribution in [0.25, 0.3) is 0 Å². The van der Waals surface area contributed by atoms with Crippen LogP contribution in [0.15, 0.2) is 18.3 Å². The SMILES string of the molecule is O=C([O-])c1ccnc([C@H]2CCCCC2=O)c1. The Balaban J connectivity index is 2.28. The average Bonchev–Trinajstić information content (AvgIpc) is 2.30. The van der Waals surface area contributed by atoms with Gasteiger partial charge in [-0.05, 0) is 25.0 Å². The lowest BCUT2D eigenvalue weighted by Crippen LogP contribution is -2.23. The number of rotatable bonds is 2. The lowest BCUT2D eigenvalue weighted by molar-refractivity contribution is -0.255. The van der Waals surface area contributed by atoms with Crippen molar-refractivity contribution < 1.29 is 14.7 Å². The molecule has 0 aromatic carbocycles. The van der Waals surface area contributed by atoms with Crippen molar-refractivity contribution in [3.63, 3.8) is 0 Å². The zero-order valence-corrected chi connectivity index (χ0v) is 8.81. The second-order valence-electron chi connectivity index (χ2n) is 4.02. The molecular formula is C12H12NO3-. The minimum atomic E-state index is -1.23. The van der Waals surface area contributed by atoms with Crippen molar-refractivity contribution in [1.29, 1.82) is 0 Å². The molecule has 1 fully saturated rings. The third-order valence-electron chi connectivity index (χ3n) is 2.93. The molecule has 1 aromatic heterocycles. The number of ketones is 1. The van der Waals surface area contributed by atoms with Gasteiger partial charge in [-0.2, -0.15) is 0 Å². The number of nitrogens with zero attached hydrogens (tertiary/aromatic N) is 1. The van der Waals surface area contributed by atoms with Crippen molar-refractivity contribution in [2.75, 3.05) is 0 Å². The van der Waals surface area contributed by atoms with Crippen molar-refractivity contribution in [1.82, 2.24) is 4.98 Å². The molecule has 0 unspecified atom stereocenters. The number of carbonyl (C=O) groups is 2. The van der Waals surface area contributed by atoms with E-state index < -0.39 is 5.97 Å². The molecule has 4 heteroatoms. The van der Waals surface area contributed by atoms with E-state index in [1.54, 1.807) is 0 Å². The molecule has 0 N–H and O–H groups in total. The van der Waals surface area contributed by atoms with Gasteiger partial charge >= 0.3 is 0 Å². The van der Waals surface area contributed by atoms with Gasteiger partial charge in [-0.3, -0.25) is 9.78 Å². The smallest absolute Gasteiger partial charge is 0.141 e. The quantitative estimate of drug-likeness (QED) is 0.731. The molecule has 0 spiro atoms. The van der Waals surface area contributed by atoms with E-state index in [1.807, 2.05) is 0 Å². The maximum atomic E-state index is 11.7. The number of aromatic nitrogens is 1. The number of carbonyl (C=O) groups excluding carboxylic acids is 2. The van der Waals surface area contributed by atoms with Crippen molar-refractivity contribution in [2.24, 2.45) is 0 Å². The molecule has 0 radical (unpaired) electrons. The minimum absolute atomic E-state index is 0.0865. The van der Waals surface area contributed by atoms with Crippen LogP contribution in [-0.4, -0.2) is 16.7 Å². The highest BCUT2D eigenvalue weighted by Crippen LogP contribution is 2.28. The Hall–Kier alpha value is -1.71. The van der Waals surface area contributed by atoms with E-state index in [0.29, 0.717) is 12.1 Å². The lowest BCUT2D eigenvalue weighted by Gasteiger charge is -2.20. The maximum Gasteiger partial charge on any atom is 0.141 e. The second kappa shape index (κ2) is 4.43. The van der Waals surface area contributed by atoms with Gasteiger partial charge in [-0.25, -0.2) is 0 Å². The van der Waals surface area contributed by atoms with Crippen LogP contribution >= 0.6 is 0 Å². The number of aromatic carboxylic acids is 1. The van der Waals surface area contributed by atoms with Gasteiger partial charge in [0.2, 0.25) is 0 Å². The molecule has 1 saturated carbocycles. The topological polar surface area (TPSA) is 70.1 Å². The molecule has 0 aliphatic heterocycles. The minimum Gasteiger partial charge on any atom is -0.545 e. The number of hydrogen-bond donors (Lipinski definition) is 0. The zero-order valence-electron chi connectivity index (χ0n) is 8.81. The van der Waals surface area contributed by atoms with E-state index in [-0.39, 0.29) is 17.3 Å². The normalized spacial score (nSPS) is 20.8. The Morgan fingerprint density at radius 2 is 2.25 bits per heavy atom. The van der Waals surface area contributed by atoms with Crippen LogP contribution < -0.4 is 5.11 Å². The monoisotopic (exact) mass is 218 g/mol. The lowest BCUT2D eigenvalue weighted by atomic mass is 9.85. The van der Waals surface area contributed by atoms with Gasteiger partial charge in [0, 0.05) is 18.2 Å². The molecule has 0 saturated heterocycles. The third-order valence-corrected chi connectivity index (χ3v) is 2.93. The molecule has 0 bridgehead atoms. The van der Waals surface area contributed by atoms with Gasteiger partial charge in [0.1, 0.15) is 5.78 Å². The summed E-state index contributed by atoms with van der Waals surface area (Å²) in [6.45, 7) is 0. The summed E-state index contributed by atoms with van der Waals surface area (Å²) in [7, 11) is 0. The fourth-order valence-corrected chi connectivity index (χ4v) is 2.06. The molecule has 1 atom stereocenters. The molecule has 1 aromatic rings. The maximum absolute atomic E-state index is 11.7. The van der Waals surface area contributed by atoms with Gasteiger partial charge < -0.3 is 9.90 Å². The van der Waals surface area contributed by atoms with E-state index in [2.05, 4.69) is 4.98 Å². The van der Waals surface area contributed by atoms with Crippen LogP contribution in [0.4, 0.5) is 0 Å². The average molecular weight is 218 g/mol. The molecule has 2 rings (SSSR count). The van der Waals surface area contributed by atoms with E-state index in [0.717, 1.165) is 19.3 Å². The van der Waals surface area contributed by atoms with Crippen LogP contribution in [0.1, 0.15) is 47.7 Å². The predicted octanol–water partition coefficient (Wildman–Crippen LogP) is 0.672. The van der Waals surface area contributed by atoms with Crippen LogP contribution in [0, 0.1) is 0 Å². The third kappa shape index (κ3) is 2.10. The highest BCUT2D eigenvalue weighted by molar-refractivity contribution is 5.88. The van der Waals surface area contributed by atoms with Crippen LogP contribution in [0.2, 0.25) is 0 Å². The highest BCUT2D eigenvalue weighted by atomic mass is 16.4. The zero-order chi connectivity index (χ0) is 11.5. The van der Waals surface area contributed by atoms with Crippen LogP contribution in [0.3, 0.4) is 0 Å². The summed E-state index contributed by atoms with van der Waals surface area (Å²) in [5.74, 6) is -1.30. The van der Waals surface area contributed by atoms with Gasteiger partial charge in [0.05, 0.1) is 17.6 Å². The molecule has 1 aliphatic rings. The van der Waals surface area contributed by atoms with Gasteiger partial charge in [-0.1, -0.05) is 6.42 Å². The van der Waals surface area contributed by atoms with E-state index >= 15 is 0 Å². The molecule has 16 heavy (non-hydrogen) atoms. The Morgan fingerprint density at radius 3 is 2.94 bits per heavy atom. The number of carboxylic acid groups (broad SMARTS) is 1. The first-order valence-electron chi connectivity index (χ1n) is 5.38. The summed E-state index contributed by atoms with van der Waals surface area (Å²) in [5, 5.41) is 10.7. The summed E-state index contributed by atoms with van der Waals surface area (Å²) in [6.07, 6.45) is 4.68. The number of Topliss-reactive ketones (excluding diaryl/α,β-unsaturated/α-hetero) is 1. The first-order valence-corrected chi connectivity index (χ1v) is 5.38. The highest BCUT2D eigenvalue weighted by Gasteiger charge is 2.24. The van der Waals surface area contributed by atoms with Gasteiger partial charge in [0.15, 0.2) is 0 Å². The molecule has 0 amide bonds. The van der Waals surface area contributed by atoms with Crippen molar-refractivity contribution >= 4 is 11.8 Å². The standard InChI is InChI=1S/C12H13NO3/c14-11-4-2-1-3-9(11)10-7-8(12(15)16)5-6-13-10/h5-7,9H,1-4H2,(H,15,16)/p-1/t9-/m1/s1.